The fourth-order valence-corrected chi connectivity index (χ4v) is 1.09. The van der Waals surface area contributed by atoms with Crippen molar-refractivity contribution >= 4 is 11.6 Å². The van der Waals surface area contributed by atoms with Gasteiger partial charge in [-0.25, -0.2) is 14.6 Å². The molecule has 0 fully saturated rings. The number of carboxylic acid groups (broad SMARTS) is 1. The van der Waals surface area contributed by atoms with Crippen molar-refractivity contribution < 1.29 is 9.90 Å². The Kier molecular flexibility index (Phi) is 1.42. The minimum Gasteiger partial charge on any atom is -0.478 e. The molecule has 0 aliphatic heterocycles. The van der Waals surface area contributed by atoms with E-state index in [-0.39, 0.29) is 11.2 Å². The summed E-state index contributed by atoms with van der Waals surface area (Å²) >= 11 is 0. The maximum atomic E-state index is 11.1. The highest BCUT2D eigenvalue weighted by Gasteiger charge is 2.10. The molecule has 0 atom stereocenters. The predicted molar refractivity (Wildman–Crippen MR) is 42.8 cm³/mol. The number of aromatic amines is 1. The van der Waals surface area contributed by atoms with Gasteiger partial charge in [-0.2, -0.15) is 0 Å². The lowest BCUT2D eigenvalue weighted by molar-refractivity contribution is 0.0698. The summed E-state index contributed by atoms with van der Waals surface area (Å²) in [7, 11) is 0. The average Bonchev–Trinajstić information content (AvgIpc) is 2.53. The van der Waals surface area contributed by atoms with Gasteiger partial charge in [-0.1, -0.05) is 0 Å². The Hall–Kier alpha value is -2.11. The number of nitrogens with one attached hydrogen (secondary N) is 1. The summed E-state index contributed by atoms with van der Waals surface area (Å²) in [5, 5.41) is 8.72. The van der Waals surface area contributed by atoms with Gasteiger partial charge in [0.05, 0.1) is 0 Å². The number of fused-ring (bicyclic) bond motifs is 1. The second-order valence-corrected chi connectivity index (χ2v) is 2.43. The number of H-pyrrole nitrogens is 1. The number of hydrogen-bond acceptors (Lipinski definition) is 3. The number of carboxylic acids is 1. The zero-order chi connectivity index (χ0) is 9.42. The Balaban J connectivity index is 2.94. The first-order valence-electron chi connectivity index (χ1n) is 3.48. The Morgan fingerprint density at radius 1 is 1.62 bits per heavy atom. The van der Waals surface area contributed by atoms with E-state index in [2.05, 4.69) is 9.97 Å². The van der Waals surface area contributed by atoms with Gasteiger partial charge in [0.25, 0.3) is 0 Å². The highest BCUT2D eigenvalue weighted by atomic mass is 16.4. The van der Waals surface area contributed by atoms with Crippen molar-refractivity contribution in [1.82, 2.24) is 14.4 Å². The lowest BCUT2D eigenvalue weighted by Gasteiger charge is -1.95. The zero-order valence-corrected chi connectivity index (χ0v) is 6.39. The second-order valence-electron chi connectivity index (χ2n) is 2.43. The molecule has 0 spiro atoms. The van der Waals surface area contributed by atoms with Gasteiger partial charge in [0.15, 0.2) is 5.65 Å². The Labute approximate surface area is 71.5 Å². The molecule has 0 radical (unpaired) electrons. The molecule has 6 nitrogen and oxygen atoms in total. The van der Waals surface area contributed by atoms with Gasteiger partial charge in [-0.05, 0) is 0 Å². The van der Waals surface area contributed by atoms with Crippen molar-refractivity contribution in [3.8, 4) is 0 Å². The van der Waals surface area contributed by atoms with E-state index in [1.807, 2.05) is 0 Å². The first-order valence-corrected chi connectivity index (χ1v) is 3.48. The van der Waals surface area contributed by atoms with E-state index >= 15 is 0 Å². The Bertz CT molecular complexity index is 525. The van der Waals surface area contributed by atoms with Gasteiger partial charge >= 0.3 is 11.7 Å². The molecular formula is C7H5N3O3. The van der Waals surface area contributed by atoms with E-state index in [1.54, 1.807) is 0 Å². The molecule has 0 saturated heterocycles. The standard InChI is InChI=1S/C7H5N3O3/c11-6(12)4-3-9-7(13)10-2-1-8-5(4)10/h1-3H,(H,9,13)(H,11,12). The largest absolute Gasteiger partial charge is 0.478 e. The van der Waals surface area contributed by atoms with Gasteiger partial charge in [0, 0.05) is 18.6 Å². The maximum absolute atomic E-state index is 11.1. The molecule has 2 N–H and O–H groups in total. The summed E-state index contributed by atoms with van der Waals surface area (Å²) in [6, 6.07) is 0. The van der Waals surface area contributed by atoms with Gasteiger partial charge in [0.1, 0.15) is 5.56 Å². The van der Waals surface area contributed by atoms with Crippen LogP contribution in [0.2, 0.25) is 0 Å². The van der Waals surface area contributed by atoms with Crippen LogP contribution in [0.5, 0.6) is 0 Å². The molecule has 0 saturated carbocycles. The van der Waals surface area contributed by atoms with Crippen molar-refractivity contribution in [3.63, 3.8) is 0 Å². The molecule has 0 aliphatic carbocycles. The third-order valence-electron chi connectivity index (χ3n) is 1.67. The van der Waals surface area contributed by atoms with Crippen LogP contribution >= 0.6 is 0 Å². The molecule has 2 rings (SSSR count). The van der Waals surface area contributed by atoms with Crippen LogP contribution in [0.3, 0.4) is 0 Å². The molecule has 0 aliphatic rings. The minimum atomic E-state index is -1.12. The maximum Gasteiger partial charge on any atom is 0.341 e. The van der Waals surface area contributed by atoms with Crippen LogP contribution in [0.25, 0.3) is 5.65 Å². The highest BCUT2D eigenvalue weighted by Crippen LogP contribution is 2.03. The van der Waals surface area contributed by atoms with Crippen molar-refractivity contribution in [2.75, 3.05) is 0 Å². The Morgan fingerprint density at radius 3 is 3.08 bits per heavy atom. The lowest BCUT2D eigenvalue weighted by atomic mass is 10.3. The fourth-order valence-electron chi connectivity index (χ4n) is 1.09. The van der Waals surface area contributed by atoms with E-state index in [0.29, 0.717) is 0 Å². The van der Waals surface area contributed by atoms with E-state index < -0.39 is 11.7 Å². The summed E-state index contributed by atoms with van der Waals surface area (Å²) in [6.45, 7) is 0. The summed E-state index contributed by atoms with van der Waals surface area (Å²) < 4.78 is 1.14. The molecular weight excluding hydrogens is 174 g/mol. The smallest absolute Gasteiger partial charge is 0.341 e. The van der Waals surface area contributed by atoms with Gasteiger partial charge < -0.3 is 10.1 Å². The average molecular weight is 179 g/mol. The number of nitrogens with zero attached hydrogens (tertiary/aromatic N) is 2. The zero-order valence-electron chi connectivity index (χ0n) is 6.39. The lowest BCUT2D eigenvalue weighted by Crippen LogP contribution is -2.17. The third kappa shape index (κ3) is 0.994. The first-order chi connectivity index (χ1) is 6.20. The summed E-state index contributed by atoms with van der Waals surface area (Å²) in [5.74, 6) is -1.12. The monoisotopic (exact) mass is 179 g/mol. The van der Waals surface area contributed by atoms with Crippen molar-refractivity contribution in [1.29, 1.82) is 0 Å². The van der Waals surface area contributed by atoms with Crippen LogP contribution in [0.15, 0.2) is 23.4 Å². The molecule has 0 aromatic carbocycles. The quantitative estimate of drug-likeness (QED) is 0.630. The van der Waals surface area contributed by atoms with Crippen molar-refractivity contribution in [3.05, 3.63) is 34.6 Å². The molecule has 0 bridgehead atoms. The van der Waals surface area contributed by atoms with E-state index in [4.69, 9.17) is 5.11 Å². The summed E-state index contributed by atoms with van der Waals surface area (Å²) in [5.41, 5.74) is -0.279. The SMILES string of the molecule is O=C(O)c1c[nH]c(=O)n2ccnc12. The number of rotatable bonds is 1. The van der Waals surface area contributed by atoms with Crippen LogP contribution in [0.1, 0.15) is 10.4 Å². The summed E-state index contributed by atoms with van der Waals surface area (Å²) in [6.07, 6.45) is 3.91. The van der Waals surface area contributed by atoms with E-state index in [0.717, 1.165) is 10.6 Å². The molecule has 0 amide bonds. The molecule has 2 heterocycles. The summed E-state index contributed by atoms with van der Waals surface area (Å²) in [4.78, 5) is 27.8. The van der Waals surface area contributed by atoms with Crippen molar-refractivity contribution in [2.45, 2.75) is 0 Å². The Morgan fingerprint density at radius 2 is 2.38 bits per heavy atom. The number of hydrogen-bond donors (Lipinski definition) is 2. The molecule has 6 heteroatoms. The van der Waals surface area contributed by atoms with Crippen molar-refractivity contribution in [2.24, 2.45) is 0 Å². The molecule has 66 valence electrons. The predicted octanol–water partition coefficient (Wildman–Crippen LogP) is -0.279. The molecule has 0 unspecified atom stereocenters. The van der Waals surface area contributed by atoms with E-state index in [9.17, 15) is 9.59 Å². The van der Waals surface area contributed by atoms with Crippen LogP contribution in [0, 0.1) is 0 Å². The topological polar surface area (TPSA) is 87.5 Å². The van der Waals surface area contributed by atoms with Crippen LogP contribution < -0.4 is 5.69 Å². The highest BCUT2D eigenvalue weighted by molar-refractivity contribution is 5.93. The number of carbonyl (C=O) groups is 1. The minimum absolute atomic E-state index is 0.0235. The number of aromatic nitrogens is 3. The fraction of sp³-hybridized carbons (Fsp3) is 0. The van der Waals surface area contributed by atoms with Gasteiger partial charge in [0.2, 0.25) is 0 Å². The van der Waals surface area contributed by atoms with Crippen LogP contribution in [-0.4, -0.2) is 25.4 Å². The van der Waals surface area contributed by atoms with Crippen LogP contribution in [0.4, 0.5) is 0 Å². The normalized spacial score (nSPS) is 10.5. The van der Waals surface area contributed by atoms with Crippen LogP contribution in [-0.2, 0) is 0 Å². The molecule has 2 aromatic rings. The molecule has 13 heavy (non-hydrogen) atoms. The second kappa shape index (κ2) is 2.44. The van der Waals surface area contributed by atoms with Gasteiger partial charge in [-0.15, -0.1) is 0 Å². The number of aromatic carboxylic acids is 1. The molecule has 2 aromatic heterocycles. The number of imidazole rings is 1. The third-order valence-corrected chi connectivity index (χ3v) is 1.67. The van der Waals surface area contributed by atoms with Gasteiger partial charge in [-0.3, -0.25) is 4.40 Å². The first kappa shape index (κ1) is 7.53. The van der Waals surface area contributed by atoms with E-state index in [1.165, 1.54) is 12.4 Å².